The van der Waals surface area contributed by atoms with Gasteiger partial charge in [0.2, 0.25) is 0 Å². The van der Waals surface area contributed by atoms with Crippen molar-refractivity contribution in [1.29, 1.82) is 0 Å². The van der Waals surface area contributed by atoms with E-state index in [4.69, 9.17) is 0 Å². The predicted octanol–water partition coefficient (Wildman–Crippen LogP) is 6.02. The van der Waals surface area contributed by atoms with Gasteiger partial charge in [-0.1, -0.05) is 0 Å². The van der Waals surface area contributed by atoms with Gasteiger partial charge in [-0.25, -0.2) is 0 Å². The molecule has 0 atom stereocenters. The van der Waals surface area contributed by atoms with E-state index in [1.54, 1.807) is 5.47 Å². The minimum atomic E-state index is -2.08. The van der Waals surface area contributed by atoms with E-state index >= 15 is 0 Å². The van der Waals surface area contributed by atoms with Gasteiger partial charge in [-0.3, -0.25) is 0 Å². The molecule has 0 aromatic carbocycles. The average molecular weight is 486 g/mol. The van der Waals surface area contributed by atoms with Crippen molar-refractivity contribution in [3.63, 3.8) is 0 Å². The van der Waals surface area contributed by atoms with Crippen molar-refractivity contribution >= 4 is 43.5 Å². The molecule has 0 rings (SSSR count). The van der Waals surface area contributed by atoms with Gasteiger partial charge in [0.15, 0.2) is 0 Å². The Labute approximate surface area is 136 Å². The molecule has 0 saturated heterocycles. The van der Waals surface area contributed by atoms with Crippen LogP contribution in [0.2, 0.25) is 42.3 Å². The second kappa shape index (κ2) is 8.92. The van der Waals surface area contributed by atoms with Crippen molar-refractivity contribution < 1.29 is 0 Å². The summed E-state index contributed by atoms with van der Waals surface area (Å²) in [5.41, 5.74) is 1.71. The third-order valence-corrected chi connectivity index (χ3v) is 42.7. The van der Waals surface area contributed by atoms with Crippen molar-refractivity contribution in [3.8, 4) is 0 Å². The summed E-state index contributed by atoms with van der Waals surface area (Å²) < 4.78 is 1.97. The maximum atomic E-state index is 4.01. The molecule has 0 amide bonds. The zero-order chi connectivity index (χ0) is 16.0. The topological polar surface area (TPSA) is 0 Å². The van der Waals surface area contributed by atoms with Crippen LogP contribution in [-0.4, -0.2) is 43.5 Å². The first kappa shape index (κ1) is 20.6. The van der Waals surface area contributed by atoms with Crippen LogP contribution in [0.5, 0.6) is 0 Å². The standard InChI is InChI=1S/C11H15B.6CH3.2Sn/c1-5-8-11(4)12(9-6-2)10-7-3;;;;;;;;/h5-7H,1-3,8-10H2;6*1H3;;. The number of rotatable bonds is 9. The first-order valence-electron chi connectivity index (χ1n) is 7.66. The van der Waals surface area contributed by atoms with E-state index < -0.39 is 36.8 Å². The van der Waals surface area contributed by atoms with Crippen LogP contribution in [0.25, 0.3) is 0 Å². The molecule has 0 aliphatic heterocycles. The summed E-state index contributed by atoms with van der Waals surface area (Å²) >= 11 is -4.15. The molecule has 112 valence electrons. The molecule has 0 saturated carbocycles. The summed E-state index contributed by atoms with van der Waals surface area (Å²) in [7, 11) is 0. The summed E-state index contributed by atoms with van der Waals surface area (Å²) in [6.07, 6.45) is 9.45. The van der Waals surface area contributed by atoms with E-state index in [0.717, 1.165) is 19.1 Å². The summed E-state index contributed by atoms with van der Waals surface area (Å²) in [5.74, 6) is 0. The Morgan fingerprint density at radius 2 is 1.20 bits per heavy atom. The quantitative estimate of drug-likeness (QED) is 0.277. The normalized spacial score (nSPS) is 11.7. The molecule has 0 aromatic heterocycles. The van der Waals surface area contributed by atoms with Crippen molar-refractivity contribution in [2.24, 2.45) is 0 Å². The molecule has 0 radical (unpaired) electrons. The molecule has 0 nitrogen and oxygen atoms in total. The second-order valence-corrected chi connectivity index (χ2v) is 40.3. The molecule has 0 fully saturated rings. The fraction of sp³-hybridized carbons (Fsp3) is 0.529. The van der Waals surface area contributed by atoms with Crippen molar-refractivity contribution in [1.82, 2.24) is 0 Å². The molecule has 0 aromatic rings. The molecule has 0 aliphatic carbocycles. The molecule has 0 aliphatic rings. The number of hydrogen-bond acceptors (Lipinski definition) is 0. The number of allylic oxidation sites excluding steroid dienone is 4. The third-order valence-electron chi connectivity index (χ3n) is 3.58. The van der Waals surface area contributed by atoms with Gasteiger partial charge in [0.05, 0.1) is 0 Å². The molecular formula is C17H33BSn2. The monoisotopic (exact) mass is 488 g/mol. The van der Waals surface area contributed by atoms with Gasteiger partial charge in [-0.05, 0) is 0 Å². The average Bonchev–Trinajstić information content (AvgIpc) is 2.24. The maximum absolute atomic E-state index is 4.01. The molecular weight excluding hydrogens is 452 g/mol. The van der Waals surface area contributed by atoms with Crippen LogP contribution in [-0.2, 0) is 0 Å². The van der Waals surface area contributed by atoms with E-state index in [9.17, 15) is 0 Å². The summed E-state index contributed by atoms with van der Waals surface area (Å²) in [6, 6.07) is 0. The van der Waals surface area contributed by atoms with Gasteiger partial charge < -0.3 is 0 Å². The molecule has 0 bridgehead atoms. The van der Waals surface area contributed by atoms with E-state index in [-0.39, 0.29) is 0 Å². The SMILES string of the molecule is C=CCB(CC=C)C(CC=C)=[C]([Sn]([CH3])([CH3])[CH3])[Sn]([CH3])([CH3])[CH3]. The van der Waals surface area contributed by atoms with Crippen LogP contribution in [0.15, 0.2) is 45.0 Å². The van der Waals surface area contributed by atoms with Crippen molar-refractivity contribution in [2.75, 3.05) is 0 Å². The molecule has 0 N–H and O–H groups in total. The zero-order valence-corrected chi connectivity index (χ0v) is 20.3. The molecule has 20 heavy (non-hydrogen) atoms. The Morgan fingerprint density at radius 3 is 1.45 bits per heavy atom. The Morgan fingerprint density at radius 1 is 0.800 bits per heavy atom. The Hall–Kier alpha value is 0.622. The molecule has 0 unspecified atom stereocenters. The van der Waals surface area contributed by atoms with Crippen LogP contribution in [0.1, 0.15) is 6.42 Å². The fourth-order valence-electron chi connectivity index (χ4n) is 3.50. The van der Waals surface area contributed by atoms with Gasteiger partial charge >= 0.3 is 137 Å². The van der Waals surface area contributed by atoms with Gasteiger partial charge in [-0.15, -0.1) is 0 Å². The van der Waals surface area contributed by atoms with E-state index in [0.29, 0.717) is 6.71 Å². The van der Waals surface area contributed by atoms with Crippen molar-refractivity contribution in [3.05, 3.63) is 45.0 Å². The van der Waals surface area contributed by atoms with E-state index in [2.05, 4.69) is 67.6 Å². The van der Waals surface area contributed by atoms with Crippen molar-refractivity contribution in [2.45, 2.75) is 48.7 Å². The van der Waals surface area contributed by atoms with Crippen LogP contribution in [0, 0.1) is 0 Å². The fourth-order valence-corrected chi connectivity index (χ4v) is 60.2. The molecule has 0 heterocycles. The summed E-state index contributed by atoms with van der Waals surface area (Å²) in [4.78, 5) is 15.5. The Balaban J connectivity index is 6.09. The van der Waals surface area contributed by atoms with Crippen LogP contribution >= 0.6 is 0 Å². The predicted molar refractivity (Wildman–Crippen MR) is 104 cm³/mol. The summed E-state index contributed by atoms with van der Waals surface area (Å²) in [5, 5.41) is 0. The molecule has 0 spiro atoms. The van der Waals surface area contributed by atoms with Gasteiger partial charge in [0.25, 0.3) is 0 Å². The number of hydrogen-bond donors (Lipinski definition) is 0. The second-order valence-electron chi connectivity index (χ2n) is 7.64. The van der Waals surface area contributed by atoms with Crippen LogP contribution in [0.4, 0.5) is 0 Å². The van der Waals surface area contributed by atoms with E-state index in [1.807, 2.05) is 1.60 Å². The van der Waals surface area contributed by atoms with Gasteiger partial charge in [-0.2, -0.15) is 0 Å². The van der Waals surface area contributed by atoms with Gasteiger partial charge in [0, 0.05) is 0 Å². The van der Waals surface area contributed by atoms with Crippen LogP contribution < -0.4 is 0 Å². The first-order valence-corrected chi connectivity index (χ1v) is 27.6. The minimum absolute atomic E-state index is 0.602. The van der Waals surface area contributed by atoms with Gasteiger partial charge in [0.1, 0.15) is 0 Å². The summed E-state index contributed by atoms with van der Waals surface area (Å²) in [6.45, 7) is 12.5. The first-order chi connectivity index (χ1) is 9.09. The van der Waals surface area contributed by atoms with Crippen LogP contribution in [0.3, 0.4) is 0 Å². The third kappa shape index (κ3) is 6.59. The Bertz CT molecular complexity index is 355. The Kier molecular flexibility index (Phi) is 9.20. The molecule has 3 heteroatoms. The zero-order valence-electron chi connectivity index (χ0n) is 14.6. The van der Waals surface area contributed by atoms with E-state index in [1.165, 1.54) is 0 Å².